The topological polar surface area (TPSA) is 15.3 Å². The monoisotopic (exact) mass is 296 g/mol. The summed E-state index contributed by atoms with van der Waals surface area (Å²) < 4.78 is 0. The maximum atomic E-state index is 5.58. The molecule has 3 rings (SSSR count). The molecule has 1 aliphatic carbocycles. The van der Waals surface area contributed by atoms with E-state index < -0.39 is 0 Å². The number of benzene rings is 2. The first-order chi connectivity index (χ1) is 10.3. The van der Waals surface area contributed by atoms with Crippen LogP contribution < -0.4 is 5.32 Å². The van der Waals surface area contributed by atoms with Crippen LogP contribution in [0, 0.1) is 0 Å². The molecule has 108 valence electrons. The van der Waals surface area contributed by atoms with E-state index >= 15 is 0 Å². The lowest BCUT2D eigenvalue weighted by molar-refractivity contribution is 0.419. The fourth-order valence-corrected chi connectivity index (χ4v) is 2.80. The van der Waals surface area contributed by atoms with Crippen molar-refractivity contribution in [3.8, 4) is 0 Å². The Hall–Kier alpha value is -1.87. The Morgan fingerprint density at radius 1 is 1.00 bits per heavy atom. The maximum absolute atomic E-state index is 5.58. The summed E-state index contributed by atoms with van der Waals surface area (Å²) in [5, 5.41) is 4.26. The second kappa shape index (κ2) is 6.27. The third kappa shape index (κ3) is 3.42. The van der Waals surface area contributed by atoms with Crippen LogP contribution in [0.3, 0.4) is 0 Å². The molecule has 2 aromatic carbocycles. The summed E-state index contributed by atoms with van der Waals surface area (Å²) in [7, 11) is 2.07. The number of hydrogen-bond donors (Lipinski definition) is 1. The first-order valence-electron chi connectivity index (χ1n) is 7.39. The van der Waals surface area contributed by atoms with E-state index in [-0.39, 0.29) is 6.04 Å². The standard InChI is InChI=1S/C18H20N2S/c1-20(18(21)19-16-12-13-16)17(14-8-4-2-5-9-14)15-10-6-3-7-11-15/h2-11,16-17H,12-13H2,1H3,(H,19,21). The van der Waals surface area contributed by atoms with Gasteiger partial charge in [0.05, 0.1) is 6.04 Å². The normalized spacial score (nSPS) is 14.0. The summed E-state index contributed by atoms with van der Waals surface area (Å²) in [4.78, 5) is 2.16. The smallest absolute Gasteiger partial charge is 0.169 e. The molecule has 1 saturated carbocycles. The van der Waals surface area contributed by atoms with Crippen molar-refractivity contribution < 1.29 is 0 Å². The molecule has 1 fully saturated rings. The molecule has 2 nitrogen and oxygen atoms in total. The number of nitrogens with one attached hydrogen (secondary N) is 1. The van der Waals surface area contributed by atoms with Crippen LogP contribution in [0.15, 0.2) is 60.7 Å². The van der Waals surface area contributed by atoms with Gasteiger partial charge in [-0.2, -0.15) is 0 Å². The highest BCUT2D eigenvalue weighted by atomic mass is 32.1. The summed E-state index contributed by atoms with van der Waals surface area (Å²) in [5.74, 6) is 0. The average molecular weight is 296 g/mol. The van der Waals surface area contributed by atoms with Crippen LogP contribution in [0.25, 0.3) is 0 Å². The van der Waals surface area contributed by atoms with Crippen molar-refractivity contribution in [1.82, 2.24) is 10.2 Å². The molecule has 0 saturated heterocycles. The Bertz CT molecular complexity index is 554. The second-order valence-electron chi connectivity index (χ2n) is 5.56. The van der Waals surface area contributed by atoms with Gasteiger partial charge in [-0.25, -0.2) is 0 Å². The Balaban J connectivity index is 1.90. The summed E-state index contributed by atoms with van der Waals surface area (Å²) in [6.45, 7) is 0. The van der Waals surface area contributed by atoms with Crippen LogP contribution in [0.4, 0.5) is 0 Å². The van der Waals surface area contributed by atoms with Gasteiger partial charge in [0.1, 0.15) is 0 Å². The summed E-state index contributed by atoms with van der Waals surface area (Å²) in [6.07, 6.45) is 2.46. The van der Waals surface area contributed by atoms with Crippen LogP contribution in [0.2, 0.25) is 0 Å². The van der Waals surface area contributed by atoms with Gasteiger partial charge in [-0.1, -0.05) is 60.7 Å². The summed E-state index contributed by atoms with van der Waals surface area (Å²) in [6, 6.07) is 21.8. The van der Waals surface area contributed by atoms with Crippen molar-refractivity contribution in [3.05, 3.63) is 71.8 Å². The number of thiocarbonyl (C=S) groups is 1. The molecular weight excluding hydrogens is 276 g/mol. The van der Waals surface area contributed by atoms with Gasteiger partial charge in [0.2, 0.25) is 0 Å². The quantitative estimate of drug-likeness (QED) is 0.865. The zero-order valence-electron chi connectivity index (χ0n) is 12.2. The van der Waals surface area contributed by atoms with Gasteiger partial charge < -0.3 is 10.2 Å². The van der Waals surface area contributed by atoms with Crippen molar-refractivity contribution in [3.63, 3.8) is 0 Å². The second-order valence-corrected chi connectivity index (χ2v) is 5.95. The molecule has 0 unspecified atom stereocenters. The Labute approximate surface area is 131 Å². The van der Waals surface area contributed by atoms with Crippen molar-refractivity contribution >= 4 is 17.3 Å². The van der Waals surface area contributed by atoms with E-state index in [1.165, 1.54) is 24.0 Å². The highest BCUT2D eigenvalue weighted by molar-refractivity contribution is 7.80. The van der Waals surface area contributed by atoms with Crippen molar-refractivity contribution in [1.29, 1.82) is 0 Å². The lowest BCUT2D eigenvalue weighted by atomic mass is 9.98. The van der Waals surface area contributed by atoms with E-state index in [1.807, 2.05) is 12.1 Å². The Morgan fingerprint density at radius 3 is 1.90 bits per heavy atom. The average Bonchev–Trinajstić information content (AvgIpc) is 3.33. The zero-order chi connectivity index (χ0) is 14.7. The molecule has 0 aromatic heterocycles. The minimum absolute atomic E-state index is 0.145. The van der Waals surface area contributed by atoms with Crippen molar-refractivity contribution in [2.24, 2.45) is 0 Å². The first-order valence-corrected chi connectivity index (χ1v) is 7.80. The molecule has 3 heteroatoms. The molecule has 21 heavy (non-hydrogen) atoms. The zero-order valence-corrected chi connectivity index (χ0v) is 13.0. The fourth-order valence-electron chi connectivity index (χ4n) is 2.53. The molecular formula is C18H20N2S. The van der Waals surface area contributed by atoms with Crippen LogP contribution in [-0.2, 0) is 0 Å². The molecule has 0 spiro atoms. The highest BCUT2D eigenvalue weighted by Crippen LogP contribution is 2.28. The molecule has 0 bridgehead atoms. The Morgan fingerprint density at radius 2 is 1.48 bits per heavy atom. The van der Waals surface area contributed by atoms with Gasteiger partial charge in [0.15, 0.2) is 5.11 Å². The highest BCUT2D eigenvalue weighted by Gasteiger charge is 2.26. The molecule has 1 N–H and O–H groups in total. The van der Waals surface area contributed by atoms with Gasteiger partial charge in [-0.15, -0.1) is 0 Å². The predicted molar refractivity (Wildman–Crippen MR) is 91.2 cm³/mol. The van der Waals surface area contributed by atoms with E-state index in [9.17, 15) is 0 Å². The van der Waals surface area contributed by atoms with Gasteiger partial charge in [0, 0.05) is 13.1 Å². The summed E-state index contributed by atoms with van der Waals surface area (Å²) >= 11 is 5.58. The number of hydrogen-bond acceptors (Lipinski definition) is 1. The lowest BCUT2D eigenvalue weighted by Crippen LogP contribution is -2.40. The van der Waals surface area contributed by atoms with E-state index in [4.69, 9.17) is 12.2 Å². The van der Waals surface area contributed by atoms with E-state index in [0.717, 1.165) is 5.11 Å². The van der Waals surface area contributed by atoms with E-state index in [0.29, 0.717) is 6.04 Å². The molecule has 0 radical (unpaired) electrons. The molecule has 0 atom stereocenters. The molecule has 2 aromatic rings. The lowest BCUT2D eigenvalue weighted by Gasteiger charge is -2.31. The minimum Gasteiger partial charge on any atom is -0.360 e. The van der Waals surface area contributed by atoms with Crippen LogP contribution in [0.1, 0.15) is 30.0 Å². The van der Waals surface area contributed by atoms with Crippen LogP contribution in [-0.4, -0.2) is 23.1 Å². The van der Waals surface area contributed by atoms with Gasteiger partial charge in [0.25, 0.3) is 0 Å². The van der Waals surface area contributed by atoms with Crippen LogP contribution >= 0.6 is 12.2 Å². The largest absolute Gasteiger partial charge is 0.360 e. The van der Waals surface area contributed by atoms with E-state index in [2.05, 4.69) is 65.8 Å². The Kier molecular flexibility index (Phi) is 4.20. The fraction of sp³-hybridized carbons (Fsp3) is 0.278. The van der Waals surface area contributed by atoms with Gasteiger partial charge in [-0.3, -0.25) is 0 Å². The van der Waals surface area contributed by atoms with Crippen molar-refractivity contribution in [2.45, 2.75) is 24.9 Å². The maximum Gasteiger partial charge on any atom is 0.169 e. The van der Waals surface area contributed by atoms with Gasteiger partial charge in [-0.05, 0) is 36.2 Å². The molecule has 0 amide bonds. The van der Waals surface area contributed by atoms with Crippen LogP contribution in [0.5, 0.6) is 0 Å². The predicted octanol–water partition coefficient (Wildman–Crippen LogP) is 3.74. The van der Waals surface area contributed by atoms with Crippen molar-refractivity contribution in [2.75, 3.05) is 7.05 Å². The summed E-state index contributed by atoms with van der Waals surface area (Å²) in [5.41, 5.74) is 2.51. The molecule has 0 heterocycles. The first kappa shape index (κ1) is 14.1. The third-order valence-corrected chi connectivity index (χ3v) is 4.25. The van der Waals surface area contributed by atoms with Gasteiger partial charge >= 0.3 is 0 Å². The number of nitrogens with zero attached hydrogens (tertiary/aromatic N) is 1. The number of rotatable bonds is 4. The minimum atomic E-state index is 0.145. The molecule has 0 aliphatic heterocycles. The third-order valence-electron chi connectivity index (χ3n) is 3.84. The SMILES string of the molecule is CN(C(=S)NC1CC1)C(c1ccccc1)c1ccccc1. The molecule has 1 aliphatic rings. The van der Waals surface area contributed by atoms with E-state index in [1.54, 1.807) is 0 Å².